The number of aryl methyl sites for hydroxylation is 2. The van der Waals surface area contributed by atoms with E-state index in [0.717, 1.165) is 26.1 Å². The Morgan fingerprint density at radius 1 is 1.19 bits per heavy atom. The summed E-state index contributed by atoms with van der Waals surface area (Å²) < 4.78 is 6.05. The van der Waals surface area contributed by atoms with Crippen molar-refractivity contribution in [3.8, 4) is 0 Å². The van der Waals surface area contributed by atoms with Crippen LogP contribution in [0, 0.1) is 13.8 Å². The van der Waals surface area contributed by atoms with Gasteiger partial charge in [0.05, 0.1) is 5.02 Å². The zero-order valence-electron chi connectivity index (χ0n) is 14.9. The normalized spacial score (nSPS) is 11.1. The maximum absolute atomic E-state index is 12.0. The van der Waals surface area contributed by atoms with Crippen molar-refractivity contribution >= 4 is 56.7 Å². The van der Waals surface area contributed by atoms with Gasteiger partial charge in [0.15, 0.2) is 6.61 Å². The second-order valence-electron chi connectivity index (χ2n) is 6.08. The zero-order chi connectivity index (χ0) is 19.4. The predicted molar refractivity (Wildman–Crippen MR) is 111 cm³/mol. The number of halogens is 1. The van der Waals surface area contributed by atoms with E-state index in [0.29, 0.717) is 10.7 Å². The first-order valence-corrected chi connectivity index (χ1v) is 9.52. The van der Waals surface area contributed by atoms with Gasteiger partial charge in [-0.2, -0.15) is 0 Å². The zero-order valence-corrected chi connectivity index (χ0v) is 16.5. The van der Waals surface area contributed by atoms with Crippen molar-refractivity contribution in [2.75, 3.05) is 11.9 Å². The van der Waals surface area contributed by atoms with Gasteiger partial charge < -0.3 is 10.1 Å². The van der Waals surface area contributed by atoms with Gasteiger partial charge in [0, 0.05) is 26.7 Å². The van der Waals surface area contributed by atoms with E-state index in [2.05, 4.69) is 5.32 Å². The third-order valence-electron chi connectivity index (χ3n) is 3.94. The van der Waals surface area contributed by atoms with Crippen molar-refractivity contribution in [1.29, 1.82) is 0 Å². The summed E-state index contributed by atoms with van der Waals surface area (Å²) in [7, 11) is 0. The molecule has 0 saturated carbocycles. The molecule has 0 fully saturated rings. The summed E-state index contributed by atoms with van der Waals surface area (Å²) in [5.74, 6) is -0.981. The van der Waals surface area contributed by atoms with Crippen LogP contribution >= 0.6 is 22.9 Å². The number of anilines is 1. The van der Waals surface area contributed by atoms with Crippen LogP contribution < -0.4 is 5.32 Å². The number of carbonyl (C=O) groups excluding carboxylic acids is 2. The molecular weight excluding hydrogens is 382 g/mol. The average molecular weight is 400 g/mol. The smallest absolute Gasteiger partial charge is 0.331 e. The number of thiophene rings is 1. The molecule has 0 aliphatic carbocycles. The van der Waals surface area contributed by atoms with Crippen molar-refractivity contribution in [2.45, 2.75) is 13.8 Å². The van der Waals surface area contributed by atoms with Gasteiger partial charge in [-0.15, -0.1) is 11.3 Å². The number of rotatable bonds is 5. The lowest BCUT2D eigenvalue weighted by atomic mass is 10.1. The van der Waals surface area contributed by atoms with Crippen LogP contribution in [-0.4, -0.2) is 18.5 Å². The third-order valence-corrected chi connectivity index (χ3v) is 5.60. The SMILES string of the molecule is Cc1ccc(C)c(NC(=O)COC(=O)/C=C/c2sc3ccccc3c2Cl)c1. The van der Waals surface area contributed by atoms with E-state index >= 15 is 0 Å². The van der Waals surface area contributed by atoms with Crippen molar-refractivity contribution in [1.82, 2.24) is 0 Å². The number of benzene rings is 2. The highest BCUT2D eigenvalue weighted by Gasteiger charge is 2.10. The molecule has 4 nitrogen and oxygen atoms in total. The average Bonchev–Trinajstić information content (AvgIpc) is 2.97. The summed E-state index contributed by atoms with van der Waals surface area (Å²) in [6.07, 6.45) is 2.89. The first kappa shape index (κ1) is 19.1. The van der Waals surface area contributed by atoms with Crippen molar-refractivity contribution in [3.63, 3.8) is 0 Å². The van der Waals surface area contributed by atoms with Crippen LogP contribution in [0.4, 0.5) is 5.69 Å². The lowest BCUT2D eigenvalue weighted by Gasteiger charge is -2.09. The van der Waals surface area contributed by atoms with Crippen LogP contribution in [0.1, 0.15) is 16.0 Å². The molecule has 3 rings (SSSR count). The summed E-state index contributed by atoms with van der Waals surface area (Å²) in [4.78, 5) is 24.7. The number of amides is 1. The van der Waals surface area contributed by atoms with Gasteiger partial charge in [0.25, 0.3) is 5.91 Å². The Morgan fingerprint density at radius 2 is 1.96 bits per heavy atom. The molecule has 6 heteroatoms. The second kappa shape index (κ2) is 8.37. The molecule has 2 aromatic carbocycles. The van der Waals surface area contributed by atoms with E-state index in [1.165, 1.54) is 17.4 Å². The molecule has 0 bridgehead atoms. The first-order valence-electron chi connectivity index (χ1n) is 8.33. The van der Waals surface area contributed by atoms with E-state index in [9.17, 15) is 9.59 Å². The quantitative estimate of drug-likeness (QED) is 0.463. The maximum atomic E-state index is 12.0. The van der Waals surface area contributed by atoms with Gasteiger partial charge in [-0.25, -0.2) is 4.79 Å². The summed E-state index contributed by atoms with van der Waals surface area (Å²) in [6, 6.07) is 13.5. The standard InChI is InChI=1S/C21H18ClNO3S/c1-13-7-8-14(2)16(11-13)23-19(24)12-26-20(25)10-9-18-21(22)15-5-3-4-6-17(15)27-18/h3-11H,12H2,1-2H3,(H,23,24)/b10-9+. The number of nitrogens with one attached hydrogen (secondary N) is 1. The molecule has 1 amide bonds. The van der Waals surface area contributed by atoms with E-state index < -0.39 is 5.97 Å². The van der Waals surface area contributed by atoms with Crippen LogP contribution in [-0.2, 0) is 14.3 Å². The Labute approximate surface area is 166 Å². The molecule has 0 radical (unpaired) electrons. The largest absolute Gasteiger partial charge is 0.452 e. The molecule has 0 unspecified atom stereocenters. The molecule has 0 saturated heterocycles. The fourth-order valence-corrected chi connectivity index (χ4v) is 3.92. The number of hydrogen-bond acceptors (Lipinski definition) is 4. The highest BCUT2D eigenvalue weighted by molar-refractivity contribution is 7.20. The number of carbonyl (C=O) groups is 2. The van der Waals surface area contributed by atoms with Gasteiger partial charge in [0.2, 0.25) is 0 Å². The van der Waals surface area contributed by atoms with Gasteiger partial charge in [-0.1, -0.05) is 41.9 Å². The lowest BCUT2D eigenvalue weighted by Crippen LogP contribution is -2.20. The molecule has 0 atom stereocenters. The minimum atomic E-state index is -0.598. The number of fused-ring (bicyclic) bond motifs is 1. The Hall–Kier alpha value is -2.63. The number of ether oxygens (including phenoxy) is 1. The van der Waals surface area contributed by atoms with E-state index in [4.69, 9.17) is 16.3 Å². The maximum Gasteiger partial charge on any atom is 0.331 e. The van der Waals surface area contributed by atoms with Gasteiger partial charge in [0.1, 0.15) is 0 Å². The summed E-state index contributed by atoms with van der Waals surface area (Å²) in [5, 5.41) is 4.30. The van der Waals surface area contributed by atoms with Gasteiger partial charge in [-0.05, 0) is 43.2 Å². The molecule has 0 spiro atoms. The molecule has 0 aliphatic rings. The van der Waals surface area contributed by atoms with Crippen molar-refractivity contribution in [3.05, 3.63) is 69.6 Å². The summed E-state index contributed by atoms with van der Waals surface area (Å²) in [6.45, 7) is 3.49. The van der Waals surface area contributed by atoms with Crippen LogP contribution in [0.25, 0.3) is 16.2 Å². The van der Waals surface area contributed by atoms with Gasteiger partial charge >= 0.3 is 5.97 Å². The minimum Gasteiger partial charge on any atom is -0.452 e. The van der Waals surface area contributed by atoms with Crippen LogP contribution in [0.15, 0.2) is 48.5 Å². The van der Waals surface area contributed by atoms with E-state index in [-0.39, 0.29) is 12.5 Å². The highest BCUT2D eigenvalue weighted by Crippen LogP contribution is 2.35. The number of esters is 1. The topological polar surface area (TPSA) is 55.4 Å². The monoisotopic (exact) mass is 399 g/mol. The van der Waals surface area contributed by atoms with Crippen LogP contribution in [0.2, 0.25) is 5.02 Å². The molecule has 3 aromatic rings. The first-order chi connectivity index (χ1) is 12.9. The number of hydrogen-bond donors (Lipinski definition) is 1. The van der Waals surface area contributed by atoms with Crippen molar-refractivity contribution in [2.24, 2.45) is 0 Å². The lowest BCUT2D eigenvalue weighted by molar-refractivity contribution is -0.142. The van der Waals surface area contributed by atoms with Crippen LogP contribution in [0.3, 0.4) is 0 Å². The molecule has 0 aliphatic heterocycles. The molecule has 27 heavy (non-hydrogen) atoms. The third kappa shape index (κ3) is 4.76. The fraction of sp³-hybridized carbons (Fsp3) is 0.143. The minimum absolute atomic E-state index is 0.350. The summed E-state index contributed by atoms with van der Waals surface area (Å²) >= 11 is 7.82. The van der Waals surface area contributed by atoms with Crippen LogP contribution in [0.5, 0.6) is 0 Å². The molecule has 1 N–H and O–H groups in total. The Balaban J connectivity index is 1.57. The molecule has 1 heterocycles. The Morgan fingerprint density at radius 3 is 2.74 bits per heavy atom. The van der Waals surface area contributed by atoms with Crippen molar-refractivity contribution < 1.29 is 14.3 Å². The Kier molecular flexibility index (Phi) is 5.94. The van der Waals surface area contributed by atoms with E-state index in [1.54, 1.807) is 6.08 Å². The highest BCUT2D eigenvalue weighted by atomic mass is 35.5. The van der Waals surface area contributed by atoms with E-state index in [1.807, 2.05) is 56.3 Å². The Bertz CT molecular complexity index is 1040. The molecular formula is C21H18ClNO3S. The predicted octanol–water partition coefficient (Wildman–Crippen LogP) is 5.37. The summed E-state index contributed by atoms with van der Waals surface area (Å²) in [5.41, 5.74) is 2.69. The fourth-order valence-electron chi connectivity index (χ4n) is 2.53. The molecule has 1 aromatic heterocycles. The van der Waals surface area contributed by atoms with Gasteiger partial charge in [-0.3, -0.25) is 4.79 Å². The molecule has 138 valence electrons. The second-order valence-corrected chi connectivity index (χ2v) is 7.55.